The van der Waals surface area contributed by atoms with Crippen molar-refractivity contribution in [2.75, 3.05) is 0 Å². The van der Waals surface area contributed by atoms with Gasteiger partial charge in [0.2, 0.25) is 0 Å². The molecule has 0 aliphatic heterocycles. The summed E-state index contributed by atoms with van der Waals surface area (Å²) in [7, 11) is 0. The second-order valence-electron chi connectivity index (χ2n) is 4.39. The van der Waals surface area contributed by atoms with Gasteiger partial charge in [0.1, 0.15) is 5.52 Å². The van der Waals surface area contributed by atoms with Gasteiger partial charge in [0.25, 0.3) is 0 Å². The molecule has 0 unspecified atom stereocenters. The van der Waals surface area contributed by atoms with Crippen molar-refractivity contribution in [1.82, 2.24) is 14.5 Å². The number of rotatable bonds is 4. The summed E-state index contributed by atoms with van der Waals surface area (Å²) in [6.45, 7) is 0.995. The van der Waals surface area contributed by atoms with E-state index < -0.39 is 0 Å². The van der Waals surface area contributed by atoms with Crippen LogP contribution in [0.4, 0.5) is 0 Å². The molecule has 2 aromatic heterocycles. The Bertz CT molecular complexity index is 628. The second-order valence-corrected chi connectivity index (χ2v) is 4.39. The first-order chi connectivity index (χ1) is 8.93. The fourth-order valence-electron chi connectivity index (χ4n) is 2.19. The van der Waals surface area contributed by atoms with Crippen LogP contribution in [0.3, 0.4) is 0 Å². The second kappa shape index (κ2) is 5.00. The maximum absolute atomic E-state index is 4.34. The summed E-state index contributed by atoms with van der Waals surface area (Å²) >= 11 is 0. The minimum absolute atomic E-state index is 0.970. The number of hydrogen-bond donors (Lipinski definition) is 0. The molecule has 3 nitrogen and oxygen atoms in total. The predicted molar refractivity (Wildman–Crippen MR) is 72.3 cm³/mol. The lowest BCUT2D eigenvalue weighted by atomic mass is 10.1. The van der Waals surface area contributed by atoms with Crippen molar-refractivity contribution < 1.29 is 0 Å². The number of hydrogen-bond acceptors (Lipinski definition) is 2. The highest BCUT2D eigenvalue weighted by Crippen LogP contribution is 2.12. The number of pyridine rings is 1. The first kappa shape index (κ1) is 11.0. The molecule has 2 heterocycles. The van der Waals surface area contributed by atoms with Crippen LogP contribution in [0.1, 0.15) is 12.0 Å². The zero-order chi connectivity index (χ0) is 12.2. The number of benzene rings is 1. The molecule has 0 saturated heterocycles. The van der Waals surface area contributed by atoms with E-state index in [1.165, 1.54) is 5.56 Å². The monoisotopic (exact) mass is 237 g/mol. The van der Waals surface area contributed by atoms with Gasteiger partial charge in [-0.05, 0) is 24.5 Å². The molecule has 0 radical (unpaired) electrons. The van der Waals surface area contributed by atoms with E-state index in [-0.39, 0.29) is 0 Å². The van der Waals surface area contributed by atoms with Crippen LogP contribution < -0.4 is 0 Å². The Kier molecular flexibility index (Phi) is 3.05. The molecular formula is C15H15N3. The van der Waals surface area contributed by atoms with Crippen LogP contribution >= 0.6 is 0 Å². The van der Waals surface area contributed by atoms with E-state index in [4.69, 9.17) is 0 Å². The molecule has 0 spiro atoms. The van der Waals surface area contributed by atoms with Crippen LogP contribution in [-0.4, -0.2) is 14.5 Å². The van der Waals surface area contributed by atoms with E-state index in [0.717, 1.165) is 30.4 Å². The highest BCUT2D eigenvalue weighted by atomic mass is 15.0. The van der Waals surface area contributed by atoms with Crippen molar-refractivity contribution in [2.24, 2.45) is 0 Å². The Balaban J connectivity index is 1.67. The SMILES string of the molecule is c1ccc(CCCn2cnc3cnccc32)cc1. The van der Waals surface area contributed by atoms with E-state index >= 15 is 0 Å². The van der Waals surface area contributed by atoms with Gasteiger partial charge >= 0.3 is 0 Å². The fraction of sp³-hybridized carbons (Fsp3) is 0.200. The number of nitrogens with zero attached hydrogens (tertiary/aromatic N) is 3. The molecule has 0 fully saturated rings. The Morgan fingerprint density at radius 3 is 2.83 bits per heavy atom. The van der Waals surface area contributed by atoms with Crippen LogP contribution in [0.25, 0.3) is 11.0 Å². The molecule has 1 aromatic carbocycles. The molecular weight excluding hydrogens is 222 g/mol. The quantitative estimate of drug-likeness (QED) is 0.698. The van der Waals surface area contributed by atoms with E-state index in [9.17, 15) is 0 Å². The molecule has 0 saturated carbocycles. The zero-order valence-electron chi connectivity index (χ0n) is 10.2. The van der Waals surface area contributed by atoms with Gasteiger partial charge in [-0.1, -0.05) is 30.3 Å². The number of aromatic nitrogens is 3. The van der Waals surface area contributed by atoms with Gasteiger partial charge in [0.15, 0.2) is 0 Å². The van der Waals surface area contributed by atoms with Gasteiger partial charge < -0.3 is 4.57 Å². The van der Waals surface area contributed by atoms with Crippen molar-refractivity contribution in [3.8, 4) is 0 Å². The van der Waals surface area contributed by atoms with Crippen LogP contribution in [-0.2, 0) is 13.0 Å². The maximum Gasteiger partial charge on any atom is 0.107 e. The summed E-state index contributed by atoms with van der Waals surface area (Å²) in [6, 6.07) is 12.6. The Labute approximate surface area is 106 Å². The van der Waals surface area contributed by atoms with E-state index in [2.05, 4.69) is 44.9 Å². The fourth-order valence-corrected chi connectivity index (χ4v) is 2.19. The lowest BCUT2D eigenvalue weighted by Gasteiger charge is -2.04. The average Bonchev–Trinajstić information content (AvgIpc) is 2.84. The van der Waals surface area contributed by atoms with Gasteiger partial charge in [-0.3, -0.25) is 4.98 Å². The van der Waals surface area contributed by atoms with Crippen LogP contribution in [0, 0.1) is 0 Å². The highest BCUT2D eigenvalue weighted by molar-refractivity contribution is 5.73. The summed E-state index contributed by atoms with van der Waals surface area (Å²) < 4.78 is 2.19. The molecule has 0 aliphatic carbocycles. The van der Waals surface area contributed by atoms with Crippen molar-refractivity contribution >= 4 is 11.0 Å². The Morgan fingerprint density at radius 2 is 1.94 bits per heavy atom. The average molecular weight is 237 g/mol. The van der Waals surface area contributed by atoms with E-state index in [1.807, 2.05) is 24.8 Å². The number of aryl methyl sites for hydroxylation is 2. The third-order valence-electron chi connectivity index (χ3n) is 3.13. The van der Waals surface area contributed by atoms with Gasteiger partial charge in [0.05, 0.1) is 18.0 Å². The molecule has 3 rings (SSSR count). The van der Waals surface area contributed by atoms with Crippen LogP contribution in [0.2, 0.25) is 0 Å². The molecule has 0 atom stereocenters. The molecule has 0 N–H and O–H groups in total. The molecule has 0 aliphatic rings. The van der Waals surface area contributed by atoms with Gasteiger partial charge in [-0.2, -0.15) is 0 Å². The summed E-state index contributed by atoms with van der Waals surface area (Å²) in [5.74, 6) is 0. The zero-order valence-corrected chi connectivity index (χ0v) is 10.2. The smallest absolute Gasteiger partial charge is 0.107 e. The van der Waals surface area contributed by atoms with Crippen molar-refractivity contribution in [1.29, 1.82) is 0 Å². The van der Waals surface area contributed by atoms with Crippen molar-refractivity contribution in [3.63, 3.8) is 0 Å². The van der Waals surface area contributed by atoms with E-state index in [1.54, 1.807) is 0 Å². The first-order valence-corrected chi connectivity index (χ1v) is 6.22. The van der Waals surface area contributed by atoms with Gasteiger partial charge in [-0.25, -0.2) is 4.98 Å². The van der Waals surface area contributed by atoms with Gasteiger partial charge in [-0.15, -0.1) is 0 Å². The van der Waals surface area contributed by atoms with Gasteiger partial charge in [0, 0.05) is 12.7 Å². The van der Waals surface area contributed by atoms with Crippen LogP contribution in [0.15, 0.2) is 55.1 Å². The molecule has 90 valence electrons. The third kappa shape index (κ3) is 2.25. The predicted octanol–water partition coefficient (Wildman–Crippen LogP) is 3.06. The lowest BCUT2D eigenvalue weighted by molar-refractivity contribution is 0.657. The first-order valence-electron chi connectivity index (χ1n) is 6.22. The number of fused-ring (bicyclic) bond motifs is 1. The minimum Gasteiger partial charge on any atom is -0.330 e. The lowest BCUT2D eigenvalue weighted by Crippen LogP contribution is -1.98. The summed E-state index contributed by atoms with van der Waals surface area (Å²) in [5, 5.41) is 0. The molecule has 18 heavy (non-hydrogen) atoms. The topological polar surface area (TPSA) is 30.7 Å². The number of imidazole rings is 1. The Hall–Kier alpha value is -2.16. The normalized spacial score (nSPS) is 10.9. The van der Waals surface area contributed by atoms with Crippen molar-refractivity contribution in [2.45, 2.75) is 19.4 Å². The maximum atomic E-state index is 4.34. The summed E-state index contributed by atoms with van der Waals surface area (Å²) in [5.41, 5.74) is 3.53. The standard InChI is InChI=1S/C15H15N3/c1-2-5-13(6-3-1)7-4-10-18-12-17-14-11-16-9-8-15(14)18/h1-3,5-6,8-9,11-12H,4,7,10H2. The molecule has 3 heteroatoms. The molecule has 0 bridgehead atoms. The third-order valence-corrected chi connectivity index (χ3v) is 3.13. The minimum atomic E-state index is 0.970. The van der Waals surface area contributed by atoms with Crippen LogP contribution in [0.5, 0.6) is 0 Å². The largest absolute Gasteiger partial charge is 0.330 e. The summed E-state index contributed by atoms with van der Waals surface area (Å²) in [4.78, 5) is 8.42. The van der Waals surface area contributed by atoms with Crippen molar-refractivity contribution in [3.05, 3.63) is 60.7 Å². The molecule has 0 amide bonds. The molecule has 3 aromatic rings. The highest BCUT2D eigenvalue weighted by Gasteiger charge is 2.01. The Morgan fingerprint density at radius 1 is 1.06 bits per heavy atom. The van der Waals surface area contributed by atoms with E-state index in [0.29, 0.717) is 0 Å². The summed E-state index contributed by atoms with van der Waals surface area (Å²) in [6.07, 6.45) is 7.75.